The second kappa shape index (κ2) is 8.58. The van der Waals surface area contributed by atoms with Crippen molar-refractivity contribution in [3.8, 4) is 5.75 Å². The van der Waals surface area contributed by atoms with Gasteiger partial charge in [-0.25, -0.2) is 0 Å². The van der Waals surface area contributed by atoms with Crippen molar-refractivity contribution in [1.29, 1.82) is 0 Å². The zero-order valence-corrected chi connectivity index (χ0v) is 13.0. The Balaban J connectivity index is 1.81. The smallest absolute Gasteiger partial charge is 0.307 e. The minimum absolute atomic E-state index is 0.158. The Bertz CT molecular complexity index is 638. The largest absolute Gasteiger partial charge is 0.489 e. The fourth-order valence-corrected chi connectivity index (χ4v) is 1.92. The fraction of sp³-hybridized carbons (Fsp3) is 0.222. The van der Waals surface area contributed by atoms with Crippen LogP contribution >= 0.6 is 0 Å². The molecule has 0 aliphatic carbocycles. The topological polar surface area (TPSA) is 64.6 Å². The molecule has 1 amide bonds. The van der Waals surface area contributed by atoms with Gasteiger partial charge in [0, 0.05) is 12.1 Å². The third kappa shape index (κ3) is 5.47. The van der Waals surface area contributed by atoms with Crippen molar-refractivity contribution in [1.82, 2.24) is 5.32 Å². The predicted molar refractivity (Wildman–Crippen MR) is 86.2 cm³/mol. The van der Waals surface area contributed by atoms with E-state index in [9.17, 15) is 9.59 Å². The third-order valence-corrected chi connectivity index (χ3v) is 3.21. The highest BCUT2D eigenvalue weighted by Crippen LogP contribution is 2.12. The summed E-state index contributed by atoms with van der Waals surface area (Å²) < 4.78 is 10.2. The van der Waals surface area contributed by atoms with Crippen LogP contribution in [0.15, 0.2) is 54.6 Å². The molecule has 0 aromatic heterocycles. The number of methoxy groups -OCH3 is 1. The van der Waals surface area contributed by atoms with Gasteiger partial charge in [-0.3, -0.25) is 9.59 Å². The lowest BCUT2D eigenvalue weighted by atomic mass is 10.1. The van der Waals surface area contributed by atoms with Gasteiger partial charge in [0.2, 0.25) is 0 Å². The van der Waals surface area contributed by atoms with E-state index in [0.717, 1.165) is 11.3 Å². The second-order valence-corrected chi connectivity index (χ2v) is 4.88. The Morgan fingerprint density at radius 2 is 1.70 bits per heavy atom. The van der Waals surface area contributed by atoms with Crippen LogP contribution in [-0.4, -0.2) is 25.5 Å². The molecule has 0 saturated carbocycles. The number of amides is 1. The molecular weight excluding hydrogens is 294 g/mol. The lowest BCUT2D eigenvalue weighted by Crippen LogP contribution is -2.26. The number of para-hydroxylation sites is 1. The van der Waals surface area contributed by atoms with Crippen LogP contribution in [0.25, 0.3) is 0 Å². The molecule has 0 aliphatic rings. The maximum absolute atomic E-state index is 11.9. The minimum atomic E-state index is -0.348. The summed E-state index contributed by atoms with van der Waals surface area (Å²) in [6.45, 7) is 0.693. The molecule has 2 aromatic rings. The van der Waals surface area contributed by atoms with Crippen molar-refractivity contribution in [3.63, 3.8) is 0 Å². The van der Waals surface area contributed by atoms with Gasteiger partial charge in [-0.1, -0.05) is 30.3 Å². The standard InChI is InChI=1S/C18H19NO4/c1-22-17(20)11-12-19-18(21)15-9-7-14(8-10-15)13-23-16-5-3-2-4-6-16/h2-10H,11-13H2,1H3,(H,19,21). The van der Waals surface area contributed by atoms with E-state index < -0.39 is 0 Å². The molecule has 0 spiro atoms. The molecule has 0 saturated heterocycles. The molecule has 5 nitrogen and oxygen atoms in total. The van der Waals surface area contributed by atoms with E-state index in [2.05, 4.69) is 10.1 Å². The van der Waals surface area contributed by atoms with E-state index >= 15 is 0 Å². The number of rotatable bonds is 7. The number of carbonyl (C=O) groups is 2. The van der Waals surface area contributed by atoms with Gasteiger partial charge in [-0.2, -0.15) is 0 Å². The second-order valence-electron chi connectivity index (χ2n) is 4.88. The van der Waals surface area contributed by atoms with E-state index in [0.29, 0.717) is 12.2 Å². The lowest BCUT2D eigenvalue weighted by Gasteiger charge is -2.07. The van der Waals surface area contributed by atoms with Crippen LogP contribution in [0, 0.1) is 0 Å². The van der Waals surface area contributed by atoms with E-state index in [1.54, 1.807) is 12.1 Å². The SMILES string of the molecule is COC(=O)CCNC(=O)c1ccc(COc2ccccc2)cc1. The van der Waals surface area contributed by atoms with Gasteiger partial charge in [0.05, 0.1) is 13.5 Å². The fourth-order valence-electron chi connectivity index (χ4n) is 1.92. The molecule has 23 heavy (non-hydrogen) atoms. The summed E-state index contributed by atoms with van der Waals surface area (Å²) >= 11 is 0. The first-order chi connectivity index (χ1) is 11.2. The first-order valence-electron chi connectivity index (χ1n) is 7.31. The van der Waals surface area contributed by atoms with E-state index in [1.807, 2.05) is 42.5 Å². The summed E-state index contributed by atoms with van der Waals surface area (Å²) in [4.78, 5) is 22.9. The Labute approximate surface area is 135 Å². The molecular formula is C18H19NO4. The Morgan fingerprint density at radius 1 is 1.00 bits per heavy atom. The number of benzene rings is 2. The average molecular weight is 313 g/mol. The Morgan fingerprint density at radius 3 is 2.35 bits per heavy atom. The molecule has 2 rings (SSSR count). The highest BCUT2D eigenvalue weighted by Gasteiger charge is 2.06. The van der Waals surface area contributed by atoms with Gasteiger partial charge >= 0.3 is 5.97 Å². The summed E-state index contributed by atoms with van der Waals surface area (Å²) in [5.74, 6) is 0.236. The third-order valence-electron chi connectivity index (χ3n) is 3.21. The van der Waals surface area contributed by atoms with Gasteiger partial charge in [0.1, 0.15) is 12.4 Å². The van der Waals surface area contributed by atoms with Gasteiger partial charge in [-0.05, 0) is 29.8 Å². The molecule has 0 heterocycles. The number of esters is 1. The normalized spacial score (nSPS) is 9.96. The highest BCUT2D eigenvalue weighted by molar-refractivity contribution is 5.94. The van der Waals surface area contributed by atoms with Gasteiger partial charge in [0.15, 0.2) is 0 Å². The predicted octanol–water partition coefficient (Wildman–Crippen LogP) is 2.56. The van der Waals surface area contributed by atoms with Crippen LogP contribution in [0.5, 0.6) is 5.75 Å². The molecule has 0 atom stereocenters. The summed E-state index contributed by atoms with van der Waals surface area (Å²) in [7, 11) is 1.32. The number of ether oxygens (including phenoxy) is 2. The first kappa shape index (κ1) is 16.5. The summed E-state index contributed by atoms with van der Waals surface area (Å²) in [6.07, 6.45) is 0.158. The molecule has 0 fully saturated rings. The van der Waals surface area contributed by atoms with Crippen LogP contribution < -0.4 is 10.1 Å². The average Bonchev–Trinajstić information content (AvgIpc) is 2.61. The Hall–Kier alpha value is -2.82. The van der Waals surface area contributed by atoms with Crippen molar-refractivity contribution in [2.75, 3.05) is 13.7 Å². The van der Waals surface area contributed by atoms with E-state index in [4.69, 9.17) is 4.74 Å². The summed E-state index contributed by atoms with van der Waals surface area (Å²) in [5.41, 5.74) is 1.51. The van der Waals surface area contributed by atoms with Crippen molar-refractivity contribution >= 4 is 11.9 Å². The van der Waals surface area contributed by atoms with E-state index in [1.165, 1.54) is 7.11 Å². The van der Waals surface area contributed by atoms with Gasteiger partial charge in [0.25, 0.3) is 5.91 Å². The number of nitrogens with one attached hydrogen (secondary N) is 1. The summed E-state index contributed by atoms with van der Waals surface area (Å²) in [5, 5.41) is 2.67. The molecule has 5 heteroatoms. The van der Waals surface area contributed by atoms with Crippen molar-refractivity contribution in [2.24, 2.45) is 0 Å². The zero-order chi connectivity index (χ0) is 16.5. The number of carbonyl (C=O) groups excluding carboxylic acids is 2. The molecule has 120 valence electrons. The zero-order valence-electron chi connectivity index (χ0n) is 13.0. The van der Waals surface area contributed by atoms with Crippen molar-refractivity contribution < 1.29 is 19.1 Å². The molecule has 0 bridgehead atoms. The van der Waals surface area contributed by atoms with Gasteiger partial charge in [-0.15, -0.1) is 0 Å². The molecule has 2 aromatic carbocycles. The lowest BCUT2D eigenvalue weighted by molar-refractivity contribution is -0.140. The molecule has 0 radical (unpaired) electrons. The maximum Gasteiger partial charge on any atom is 0.307 e. The maximum atomic E-state index is 11.9. The van der Waals surface area contributed by atoms with Crippen LogP contribution in [-0.2, 0) is 16.1 Å². The minimum Gasteiger partial charge on any atom is -0.489 e. The van der Waals surface area contributed by atoms with Gasteiger partial charge < -0.3 is 14.8 Å². The first-order valence-corrected chi connectivity index (χ1v) is 7.31. The van der Waals surface area contributed by atoms with Crippen molar-refractivity contribution in [3.05, 3.63) is 65.7 Å². The van der Waals surface area contributed by atoms with Crippen LogP contribution in [0.2, 0.25) is 0 Å². The molecule has 0 unspecified atom stereocenters. The number of hydrogen-bond acceptors (Lipinski definition) is 4. The monoisotopic (exact) mass is 313 g/mol. The summed E-state index contributed by atoms with van der Waals surface area (Å²) in [6, 6.07) is 16.7. The van der Waals surface area contributed by atoms with Crippen molar-refractivity contribution in [2.45, 2.75) is 13.0 Å². The van der Waals surface area contributed by atoms with Crippen LogP contribution in [0.4, 0.5) is 0 Å². The number of hydrogen-bond donors (Lipinski definition) is 1. The highest BCUT2D eigenvalue weighted by atomic mass is 16.5. The van der Waals surface area contributed by atoms with E-state index in [-0.39, 0.29) is 24.8 Å². The molecule has 0 aliphatic heterocycles. The van der Waals surface area contributed by atoms with Crippen LogP contribution in [0.1, 0.15) is 22.3 Å². The Kier molecular flexibility index (Phi) is 6.17. The molecule has 1 N–H and O–H groups in total. The quantitative estimate of drug-likeness (QED) is 0.798. The van der Waals surface area contributed by atoms with Crippen LogP contribution in [0.3, 0.4) is 0 Å².